The van der Waals surface area contributed by atoms with E-state index in [1.807, 2.05) is 21.1 Å². The van der Waals surface area contributed by atoms with Gasteiger partial charge in [-0.1, -0.05) is 239 Å². The van der Waals surface area contributed by atoms with Crippen LogP contribution in [-0.2, 0) is 32.7 Å². The normalized spacial score (nSPS) is 14.1. The molecule has 0 aromatic carbocycles. The van der Waals surface area contributed by atoms with E-state index in [4.69, 9.17) is 18.5 Å². The Hall–Kier alpha value is -3.33. The predicted octanol–water partition coefficient (Wildman–Crippen LogP) is 18.2. The van der Waals surface area contributed by atoms with Crippen LogP contribution >= 0.6 is 7.82 Å². The molecule has 0 aliphatic carbocycles. The maximum Gasteiger partial charge on any atom is 0.472 e. The third-order valence-corrected chi connectivity index (χ3v) is 13.1. The van der Waals surface area contributed by atoms with Gasteiger partial charge in [0.15, 0.2) is 6.10 Å². The molecular weight excluding hydrogens is 930 g/mol. The fraction of sp³-hybridized carbons (Fsp3) is 0.683. The lowest BCUT2D eigenvalue weighted by Crippen LogP contribution is -2.37. The molecule has 0 rings (SSSR count). The smallest absolute Gasteiger partial charge is 0.462 e. The third kappa shape index (κ3) is 57.8. The zero-order chi connectivity index (χ0) is 53.5. The Balaban J connectivity index is 4.17. The Bertz CT molecular complexity index is 1600. The number of esters is 2. The number of ether oxygens (including phenoxy) is 2. The highest BCUT2D eigenvalue weighted by Gasteiger charge is 2.27. The number of phosphoric ester groups is 1. The minimum absolute atomic E-state index is 0.0254. The molecule has 2 atom stereocenters. The molecular formula is C63H109NO8P+. The molecule has 0 saturated carbocycles. The van der Waals surface area contributed by atoms with Crippen molar-refractivity contribution in [2.45, 2.75) is 232 Å². The fourth-order valence-electron chi connectivity index (χ4n) is 7.60. The summed E-state index contributed by atoms with van der Waals surface area (Å²) < 4.78 is 34.5. The molecule has 2 unspecified atom stereocenters. The highest BCUT2D eigenvalue weighted by Crippen LogP contribution is 2.43. The summed E-state index contributed by atoms with van der Waals surface area (Å²) in [6.45, 7) is 4.30. The van der Waals surface area contributed by atoms with Gasteiger partial charge in [-0.25, -0.2) is 4.57 Å². The van der Waals surface area contributed by atoms with Gasteiger partial charge in [0.2, 0.25) is 0 Å². The first-order valence-electron chi connectivity index (χ1n) is 29.1. The van der Waals surface area contributed by atoms with Crippen molar-refractivity contribution in [3.63, 3.8) is 0 Å². The zero-order valence-corrected chi connectivity index (χ0v) is 48.2. The van der Waals surface area contributed by atoms with Crippen LogP contribution in [0, 0.1) is 0 Å². The lowest BCUT2D eigenvalue weighted by molar-refractivity contribution is -0.870. The number of nitrogens with zero attached hydrogens (tertiary/aromatic N) is 1. The summed E-state index contributed by atoms with van der Waals surface area (Å²) in [6, 6.07) is 0. The highest BCUT2D eigenvalue weighted by molar-refractivity contribution is 7.47. The van der Waals surface area contributed by atoms with E-state index < -0.39 is 26.5 Å². The van der Waals surface area contributed by atoms with Crippen LogP contribution in [0.3, 0.4) is 0 Å². The molecule has 10 heteroatoms. The lowest BCUT2D eigenvalue weighted by atomic mass is 10.0. The van der Waals surface area contributed by atoms with Crippen LogP contribution in [0.1, 0.15) is 226 Å². The van der Waals surface area contributed by atoms with Gasteiger partial charge in [-0.2, -0.15) is 0 Å². The van der Waals surface area contributed by atoms with Crippen molar-refractivity contribution in [2.24, 2.45) is 0 Å². The standard InChI is InChI=1S/C63H108NO8P/c1-6-8-10-12-14-16-18-20-22-23-24-25-26-27-28-29-30-31-32-33-34-35-36-37-38-39-40-41-42-44-46-48-50-52-54-56-63(66)72-61(60-71-73(67,68)70-58-57-64(3,4)5)59-69-62(65)55-53-51-49-47-45-43-21-19-17-15-13-11-9-7-2/h8,10,14,16,20,22,24-25,27-28,30-31,33-34,36-37,39-40,61H,6-7,9,11-13,15,17-19,21,23,26,29,32,35,38,41-60H2,1-5H3/p+1/b10-8-,16-14-,22-20-,25-24-,28-27-,31-30-,34-33-,37-36-,40-39-. The van der Waals surface area contributed by atoms with Crippen LogP contribution in [0.2, 0.25) is 0 Å². The van der Waals surface area contributed by atoms with E-state index in [0.717, 1.165) is 103 Å². The van der Waals surface area contributed by atoms with Crippen LogP contribution in [0.15, 0.2) is 109 Å². The number of rotatable bonds is 52. The van der Waals surface area contributed by atoms with E-state index in [0.29, 0.717) is 17.4 Å². The molecule has 0 aliphatic rings. The summed E-state index contributed by atoms with van der Waals surface area (Å²) >= 11 is 0. The predicted molar refractivity (Wildman–Crippen MR) is 311 cm³/mol. The Labute approximate surface area is 448 Å². The molecule has 0 aromatic heterocycles. The number of carbonyl (C=O) groups is 2. The quantitative estimate of drug-likeness (QED) is 0.0211. The van der Waals surface area contributed by atoms with Gasteiger partial charge >= 0.3 is 19.8 Å². The SMILES string of the molecule is CC/C=C\C/C=C\C/C=C\C/C=C\C/C=C\C/C=C\C/C=C\C/C=C\C/C=C\CCCCCCCCCC(=O)OC(COC(=O)CCCCCCCCCCCCCCCC)COP(=O)(O)OCC[N+](C)(C)C. The monoisotopic (exact) mass is 1040 g/mol. The summed E-state index contributed by atoms with van der Waals surface area (Å²) in [5, 5.41) is 0. The van der Waals surface area contributed by atoms with Crippen molar-refractivity contribution < 1.29 is 42.1 Å². The molecule has 0 aromatic rings. The molecule has 0 radical (unpaired) electrons. The maximum atomic E-state index is 12.8. The van der Waals surface area contributed by atoms with Crippen LogP contribution in [0.25, 0.3) is 0 Å². The Morgan fingerprint density at radius 2 is 0.781 bits per heavy atom. The van der Waals surface area contributed by atoms with Gasteiger partial charge < -0.3 is 18.9 Å². The molecule has 0 bridgehead atoms. The molecule has 1 N–H and O–H groups in total. The molecule has 418 valence electrons. The number of likely N-dealkylation sites (N-methyl/N-ethyl adjacent to an activating group) is 1. The first-order valence-corrected chi connectivity index (χ1v) is 30.6. The topological polar surface area (TPSA) is 108 Å². The van der Waals surface area contributed by atoms with Crippen LogP contribution in [0.4, 0.5) is 0 Å². The number of carbonyl (C=O) groups excluding carboxylic acids is 2. The Morgan fingerprint density at radius 1 is 0.438 bits per heavy atom. The zero-order valence-electron chi connectivity index (χ0n) is 47.3. The minimum atomic E-state index is -4.39. The van der Waals surface area contributed by atoms with Crippen LogP contribution < -0.4 is 0 Å². The second kappa shape index (κ2) is 53.5. The first kappa shape index (κ1) is 69.7. The maximum absolute atomic E-state index is 12.8. The molecule has 0 saturated heterocycles. The minimum Gasteiger partial charge on any atom is -0.462 e. The molecule has 9 nitrogen and oxygen atoms in total. The molecule has 0 aliphatic heterocycles. The van der Waals surface area contributed by atoms with Crippen molar-refractivity contribution in [2.75, 3.05) is 47.5 Å². The van der Waals surface area contributed by atoms with Crippen molar-refractivity contribution in [1.29, 1.82) is 0 Å². The second-order valence-electron chi connectivity index (χ2n) is 20.3. The van der Waals surface area contributed by atoms with Crippen molar-refractivity contribution in [3.8, 4) is 0 Å². The van der Waals surface area contributed by atoms with E-state index in [2.05, 4.69) is 123 Å². The average Bonchev–Trinajstić information content (AvgIpc) is 3.35. The third-order valence-electron chi connectivity index (χ3n) is 12.1. The van der Waals surface area contributed by atoms with Crippen molar-refractivity contribution >= 4 is 19.8 Å². The largest absolute Gasteiger partial charge is 0.472 e. The summed E-state index contributed by atoms with van der Waals surface area (Å²) in [4.78, 5) is 35.6. The molecule has 73 heavy (non-hydrogen) atoms. The van der Waals surface area contributed by atoms with Gasteiger partial charge in [-0.3, -0.25) is 18.6 Å². The average molecular weight is 1040 g/mol. The summed E-state index contributed by atoms with van der Waals surface area (Å²) in [7, 11) is 1.46. The second-order valence-corrected chi connectivity index (χ2v) is 21.8. The van der Waals surface area contributed by atoms with Crippen LogP contribution in [-0.4, -0.2) is 74.9 Å². The van der Waals surface area contributed by atoms with Crippen molar-refractivity contribution in [1.82, 2.24) is 0 Å². The van der Waals surface area contributed by atoms with E-state index in [1.165, 1.54) is 89.9 Å². The van der Waals surface area contributed by atoms with E-state index in [9.17, 15) is 19.0 Å². The van der Waals surface area contributed by atoms with Gasteiger partial charge in [0, 0.05) is 12.8 Å². The summed E-state index contributed by atoms with van der Waals surface area (Å²) in [5.41, 5.74) is 0. The fourth-order valence-corrected chi connectivity index (χ4v) is 8.34. The number of allylic oxidation sites excluding steroid dienone is 18. The summed E-state index contributed by atoms with van der Waals surface area (Å²) in [6.07, 6.45) is 74.4. The van der Waals surface area contributed by atoms with Gasteiger partial charge in [0.1, 0.15) is 19.8 Å². The highest BCUT2D eigenvalue weighted by atomic mass is 31.2. The van der Waals surface area contributed by atoms with Gasteiger partial charge in [0.05, 0.1) is 27.7 Å². The Morgan fingerprint density at radius 3 is 1.16 bits per heavy atom. The van der Waals surface area contributed by atoms with E-state index in [1.54, 1.807) is 0 Å². The number of quaternary nitrogens is 1. The molecule has 0 spiro atoms. The number of hydrogen-bond acceptors (Lipinski definition) is 7. The number of phosphoric acid groups is 1. The van der Waals surface area contributed by atoms with E-state index >= 15 is 0 Å². The van der Waals surface area contributed by atoms with E-state index in [-0.39, 0.29) is 32.0 Å². The number of hydrogen-bond donors (Lipinski definition) is 1. The molecule has 0 fully saturated rings. The van der Waals surface area contributed by atoms with Gasteiger partial charge in [-0.05, 0) is 83.5 Å². The summed E-state index contributed by atoms with van der Waals surface area (Å²) in [5.74, 6) is -0.812. The first-order chi connectivity index (χ1) is 35.5. The number of unbranched alkanes of at least 4 members (excludes halogenated alkanes) is 20. The van der Waals surface area contributed by atoms with Gasteiger partial charge in [-0.15, -0.1) is 0 Å². The van der Waals surface area contributed by atoms with Crippen molar-refractivity contribution in [3.05, 3.63) is 109 Å². The molecule has 0 heterocycles. The Kier molecular flexibility index (Phi) is 51.1. The van der Waals surface area contributed by atoms with Crippen LogP contribution in [0.5, 0.6) is 0 Å². The molecule has 0 amide bonds. The van der Waals surface area contributed by atoms with Gasteiger partial charge in [0.25, 0.3) is 0 Å². The lowest BCUT2D eigenvalue weighted by Gasteiger charge is -2.24.